The molecule has 0 amide bonds. The van der Waals surface area contributed by atoms with Crippen LogP contribution in [0.5, 0.6) is 11.5 Å². The highest BCUT2D eigenvalue weighted by atomic mass is 16.5. The maximum Gasteiger partial charge on any atom is 0.153 e. The Labute approximate surface area is 98.9 Å². The van der Waals surface area contributed by atoms with Gasteiger partial charge in [0.2, 0.25) is 0 Å². The maximum atomic E-state index is 10.9. The molecule has 0 saturated carbocycles. The van der Waals surface area contributed by atoms with Crippen molar-refractivity contribution in [3.63, 3.8) is 0 Å². The SMILES string of the molecule is N#Cc1ccc(C=O)c(Oc2ccccc2)c1. The van der Waals surface area contributed by atoms with Gasteiger partial charge in [0.1, 0.15) is 11.5 Å². The summed E-state index contributed by atoms with van der Waals surface area (Å²) < 4.78 is 5.56. The fraction of sp³-hybridized carbons (Fsp3) is 0. The van der Waals surface area contributed by atoms with E-state index in [1.54, 1.807) is 30.3 Å². The number of nitrogens with zero attached hydrogens (tertiary/aromatic N) is 1. The van der Waals surface area contributed by atoms with E-state index in [2.05, 4.69) is 0 Å². The third-order valence-corrected chi connectivity index (χ3v) is 2.24. The van der Waals surface area contributed by atoms with E-state index in [0.29, 0.717) is 28.9 Å². The van der Waals surface area contributed by atoms with Crippen molar-refractivity contribution in [2.45, 2.75) is 0 Å². The number of carbonyl (C=O) groups is 1. The van der Waals surface area contributed by atoms with Crippen LogP contribution in [0.15, 0.2) is 48.5 Å². The third-order valence-electron chi connectivity index (χ3n) is 2.24. The van der Waals surface area contributed by atoms with Gasteiger partial charge in [0.05, 0.1) is 17.2 Å². The first-order valence-corrected chi connectivity index (χ1v) is 5.05. The van der Waals surface area contributed by atoms with Crippen molar-refractivity contribution in [3.05, 3.63) is 59.7 Å². The van der Waals surface area contributed by atoms with Crippen molar-refractivity contribution in [2.24, 2.45) is 0 Å². The van der Waals surface area contributed by atoms with E-state index in [0.717, 1.165) is 0 Å². The second-order valence-corrected chi connectivity index (χ2v) is 3.40. The molecule has 0 N–H and O–H groups in total. The monoisotopic (exact) mass is 223 g/mol. The smallest absolute Gasteiger partial charge is 0.153 e. The van der Waals surface area contributed by atoms with E-state index in [4.69, 9.17) is 10.00 Å². The zero-order valence-electron chi connectivity index (χ0n) is 8.96. The Balaban J connectivity index is 2.37. The summed E-state index contributed by atoms with van der Waals surface area (Å²) in [7, 11) is 0. The first kappa shape index (κ1) is 10.9. The van der Waals surface area contributed by atoms with E-state index in [9.17, 15) is 4.79 Å². The zero-order chi connectivity index (χ0) is 12.1. The molecule has 0 aliphatic heterocycles. The first-order chi connectivity index (χ1) is 8.33. The molecule has 0 aliphatic rings. The maximum absolute atomic E-state index is 10.9. The zero-order valence-corrected chi connectivity index (χ0v) is 8.96. The van der Waals surface area contributed by atoms with Gasteiger partial charge >= 0.3 is 0 Å². The standard InChI is InChI=1S/C14H9NO2/c15-9-11-6-7-12(10-16)14(8-11)17-13-4-2-1-3-5-13/h1-8,10H. The molecule has 0 aliphatic carbocycles. The van der Waals surface area contributed by atoms with Gasteiger partial charge in [-0.2, -0.15) is 5.26 Å². The fourth-order valence-corrected chi connectivity index (χ4v) is 1.41. The molecule has 3 heteroatoms. The minimum Gasteiger partial charge on any atom is -0.457 e. The lowest BCUT2D eigenvalue weighted by Crippen LogP contribution is -1.91. The Bertz CT molecular complexity index is 571. The van der Waals surface area contributed by atoms with Crippen molar-refractivity contribution in [2.75, 3.05) is 0 Å². The van der Waals surface area contributed by atoms with Crippen molar-refractivity contribution in [1.82, 2.24) is 0 Å². The Morgan fingerprint density at radius 2 is 1.88 bits per heavy atom. The lowest BCUT2D eigenvalue weighted by atomic mass is 10.1. The molecular formula is C14H9NO2. The molecule has 0 atom stereocenters. The van der Waals surface area contributed by atoms with Crippen LogP contribution in [0, 0.1) is 11.3 Å². The molecule has 17 heavy (non-hydrogen) atoms. The summed E-state index contributed by atoms with van der Waals surface area (Å²) in [6.07, 6.45) is 0.708. The highest BCUT2D eigenvalue weighted by Crippen LogP contribution is 2.25. The van der Waals surface area contributed by atoms with Crippen LogP contribution in [0.2, 0.25) is 0 Å². The summed E-state index contributed by atoms with van der Waals surface area (Å²) in [6.45, 7) is 0. The minimum absolute atomic E-state index is 0.394. The number of rotatable bonds is 3. The Hall–Kier alpha value is -2.60. The van der Waals surface area contributed by atoms with E-state index in [1.807, 2.05) is 24.3 Å². The lowest BCUT2D eigenvalue weighted by molar-refractivity contribution is 0.112. The average molecular weight is 223 g/mol. The highest BCUT2D eigenvalue weighted by Gasteiger charge is 2.05. The Morgan fingerprint density at radius 1 is 1.12 bits per heavy atom. The second kappa shape index (κ2) is 4.95. The summed E-state index contributed by atoms with van der Waals surface area (Å²) in [5.74, 6) is 1.02. The normalized spacial score (nSPS) is 9.35. The van der Waals surface area contributed by atoms with E-state index < -0.39 is 0 Å². The second-order valence-electron chi connectivity index (χ2n) is 3.40. The summed E-state index contributed by atoms with van der Waals surface area (Å²) in [6, 6.07) is 15.8. The average Bonchev–Trinajstić information content (AvgIpc) is 2.40. The number of para-hydroxylation sites is 1. The van der Waals surface area contributed by atoms with E-state index in [-0.39, 0.29) is 0 Å². The Kier molecular flexibility index (Phi) is 3.18. The van der Waals surface area contributed by atoms with Gasteiger partial charge in [0.15, 0.2) is 6.29 Å². The molecule has 82 valence electrons. The van der Waals surface area contributed by atoms with Crippen molar-refractivity contribution in [3.8, 4) is 17.6 Å². The minimum atomic E-state index is 0.394. The molecule has 0 bridgehead atoms. The van der Waals surface area contributed by atoms with Gasteiger partial charge in [-0.15, -0.1) is 0 Å². The molecule has 0 radical (unpaired) electrons. The quantitative estimate of drug-likeness (QED) is 0.751. The predicted octanol–water partition coefficient (Wildman–Crippen LogP) is 3.16. The molecule has 0 aromatic heterocycles. The number of nitriles is 1. The molecule has 0 unspecified atom stereocenters. The fourth-order valence-electron chi connectivity index (χ4n) is 1.41. The van der Waals surface area contributed by atoms with Crippen LogP contribution in [-0.4, -0.2) is 6.29 Å². The van der Waals surface area contributed by atoms with Gasteiger partial charge in [0.25, 0.3) is 0 Å². The molecule has 2 aromatic rings. The summed E-state index contributed by atoms with van der Waals surface area (Å²) in [4.78, 5) is 10.9. The Morgan fingerprint density at radius 3 is 2.53 bits per heavy atom. The van der Waals surface area contributed by atoms with Crippen molar-refractivity contribution in [1.29, 1.82) is 5.26 Å². The molecule has 0 saturated heterocycles. The van der Waals surface area contributed by atoms with Crippen LogP contribution < -0.4 is 4.74 Å². The number of carbonyl (C=O) groups excluding carboxylic acids is 1. The van der Waals surface area contributed by atoms with Crippen LogP contribution in [0.3, 0.4) is 0 Å². The van der Waals surface area contributed by atoms with Gasteiger partial charge < -0.3 is 4.74 Å². The molecule has 0 fully saturated rings. The van der Waals surface area contributed by atoms with Gasteiger partial charge in [-0.3, -0.25) is 4.79 Å². The van der Waals surface area contributed by atoms with Gasteiger partial charge in [-0.05, 0) is 30.3 Å². The summed E-state index contributed by atoms with van der Waals surface area (Å²) >= 11 is 0. The topological polar surface area (TPSA) is 50.1 Å². The van der Waals surface area contributed by atoms with Crippen LogP contribution in [0.1, 0.15) is 15.9 Å². The molecule has 3 nitrogen and oxygen atoms in total. The highest BCUT2D eigenvalue weighted by molar-refractivity contribution is 5.80. The molecular weight excluding hydrogens is 214 g/mol. The predicted molar refractivity (Wildman–Crippen MR) is 63.1 cm³/mol. The number of benzene rings is 2. The first-order valence-electron chi connectivity index (χ1n) is 5.05. The van der Waals surface area contributed by atoms with Gasteiger partial charge in [-0.25, -0.2) is 0 Å². The summed E-state index contributed by atoms with van der Waals surface area (Å²) in [5.41, 5.74) is 0.884. The van der Waals surface area contributed by atoms with E-state index in [1.165, 1.54) is 0 Å². The third kappa shape index (κ3) is 2.50. The van der Waals surface area contributed by atoms with Crippen LogP contribution in [0.4, 0.5) is 0 Å². The van der Waals surface area contributed by atoms with Gasteiger partial charge in [-0.1, -0.05) is 18.2 Å². The van der Waals surface area contributed by atoms with Crippen molar-refractivity contribution < 1.29 is 9.53 Å². The van der Waals surface area contributed by atoms with Crippen LogP contribution in [-0.2, 0) is 0 Å². The molecule has 2 aromatic carbocycles. The van der Waals surface area contributed by atoms with E-state index >= 15 is 0 Å². The number of ether oxygens (including phenoxy) is 1. The molecule has 0 heterocycles. The number of hydrogen-bond acceptors (Lipinski definition) is 3. The molecule has 0 spiro atoms. The summed E-state index contributed by atoms with van der Waals surface area (Å²) in [5, 5.41) is 8.80. The van der Waals surface area contributed by atoms with Gasteiger partial charge in [0, 0.05) is 0 Å². The largest absolute Gasteiger partial charge is 0.457 e. The van der Waals surface area contributed by atoms with Crippen LogP contribution in [0.25, 0.3) is 0 Å². The van der Waals surface area contributed by atoms with Crippen LogP contribution >= 0.6 is 0 Å². The number of hydrogen-bond donors (Lipinski definition) is 0. The van der Waals surface area contributed by atoms with Crippen molar-refractivity contribution >= 4 is 6.29 Å². The lowest BCUT2D eigenvalue weighted by Gasteiger charge is -2.07. The number of aldehydes is 1. The molecule has 2 rings (SSSR count).